The summed E-state index contributed by atoms with van der Waals surface area (Å²) < 4.78 is 6.25. The third-order valence-corrected chi connectivity index (χ3v) is 8.83. The Kier molecular flexibility index (Phi) is 7.44. The van der Waals surface area contributed by atoms with Gasteiger partial charge in [-0.15, -0.1) is 0 Å². The standard InChI is InChI=1S/C28H29Cl3N4O4/c1-4-27(28(39-27)9-8-15(2)10-16(28)3)26(38)32-19-7-5-6-17(11-19)25(37)33-22-14-23(36)35(34-22)24-20(30)12-18(29)13-21(24)31/h5-7,11-13,15-16H,4,8-10,14H2,1-3H3,(H,32,38)(H,33,34,37). The second kappa shape index (κ2) is 10.4. The first-order valence-electron chi connectivity index (χ1n) is 13.0. The highest BCUT2D eigenvalue weighted by Gasteiger charge is 2.75. The van der Waals surface area contributed by atoms with Gasteiger partial charge in [-0.1, -0.05) is 61.6 Å². The van der Waals surface area contributed by atoms with Crippen LogP contribution < -0.4 is 15.6 Å². The molecule has 0 radical (unpaired) electrons. The molecule has 2 aliphatic heterocycles. The third kappa shape index (κ3) is 4.92. The van der Waals surface area contributed by atoms with Crippen molar-refractivity contribution >= 4 is 69.7 Å². The average molecular weight is 592 g/mol. The minimum Gasteiger partial charge on any atom is -0.352 e. The van der Waals surface area contributed by atoms with Crippen molar-refractivity contribution in [2.45, 2.75) is 64.1 Å². The molecule has 3 aliphatic rings. The maximum Gasteiger partial charge on any atom is 0.259 e. The predicted octanol–water partition coefficient (Wildman–Crippen LogP) is 6.44. The molecule has 0 bridgehead atoms. The first-order valence-corrected chi connectivity index (χ1v) is 14.1. The number of hydrogen-bond acceptors (Lipinski definition) is 5. The topological polar surface area (TPSA) is 103 Å². The molecule has 2 aromatic rings. The monoisotopic (exact) mass is 590 g/mol. The SMILES string of the molecule is CCC1(C(=O)Nc2cccc(C(=O)NC3=NN(c4c(Cl)cc(Cl)cc4Cl)C(=O)C3)c2)OC12CCC(C)CC2C. The number of carbonyl (C=O) groups is 3. The Morgan fingerprint density at radius 3 is 2.51 bits per heavy atom. The van der Waals surface area contributed by atoms with E-state index in [1.807, 2.05) is 6.92 Å². The first-order chi connectivity index (χ1) is 18.5. The normalized spacial score (nSPS) is 27.9. The summed E-state index contributed by atoms with van der Waals surface area (Å²) in [6, 6.07) is 9.51. The Bertz CT molecular complexity index is 1380. The van der Waals surface area contributed by atoms with E-state index in [1.54, 1.807) is 24.3 Å². The quantitative estimate of drug-likeness (QED) is 0.391. The number of amides is 3. The number of hydrazone groups is 1. The van der Waals surface area contributed by atoms with Crippen LogP contribution in [0.5, 0.6) is 0 Å². The number of halogens is 3. The second-order valence-corrected chi connectivity index (χ2v) is 11.8. The van der Waals surface area contributed by atoms with Crippen molar-refractivity contribution in [3.63, 3.8) is 0 Å². The molecule has 1 spiro atoms. The van der Waals surface area contributed by atoms with Gasteiger partial charge in [-0.25, -0.2) is 0 Å². The zero-order valence-electron chi connectivity index (χ0n) is 21.8. The number of rotatable bonds is 5. The fourth-order valence-corrected chi connectivity index (χ4v) is 6.99. The van der Waals surface area contributed by atoms with E-state index >= 15 is 0 Å². The van der Waals surface area contributed by atoms with Gasteiger partial charge in [-0.05, 0) is 67.9 Å². The largest absolute Gasteiger partial charge is 0.352 e. The number of benzene rings is 2. The molecule has 4 unspecified atom stereocenters. The van der Waals surface area contributed by atoms with Gasteiger partial charge in [0.2, 0.25) is 0 Å². The molecular weight excluding hydrogens is 563 g/mol. The maximum absolute atomic E-state index is 13.4. The van der Waals surface area contributed by atoms with E-state index < -0.39 is 23.0 Å². The molecule has 1 saturated carbocycles. The van der Waals surface area contributed by atoms with Crippen molar-refractivity contribution in [1.29, 1.82) is 0 Å². The molecule has 39 heavy (non-hydrogen) atoms. The average Bonchev–Trinajstić information content (AvgIpc) is 3.43. The van der Waals surface area contributed by atoms with Crippen LogP contribution in [0.2, 0.25) is 15.1 Å². The highest BCUT2D eigenvalue weighted by atomic mass is 35.5. The molecule has 2 fully saturated rings. The zero-order valence-corrected chi connectivity index (χ0v) is 24.1. The number of anilines is 2. The molecule has 2 N–H and O–H groups in total. The van der Waals surface area contributed by atoms with Crippen LogP contribution in [0.15, 0.2) is 41.5 Å². The molecule has 5 rings (SSSR count). The lowest BCUT2D eigenvalue weighted by Crippen LogP contribution is -2.43. The molecule has 4 atom stereocenters. The minimum atomic E-state index is -0.864. The van der Waals surface area contributed by atoms with Crippen LogP contribution in [-0.4, -0.2) is 34.8 Å². The summed E-state index contributed by atoms with van der Waals surface area (Å²) in [4.78, 5) is 39.1. The number of carbonyl (C=O) groups excluding carboxylic acids is 3. The van der Waals surface area contributed by atoms with E-state index in [4.69, 9.17) is 39.5 Å². The summed E-state index contributed by atoms with van der Waals surface area (Å²) in [6.07, 6.45) is 3.36. The van der Waals surface area contributed by atoms with Gasteiger partial charge in [0.15, 0.2) is 5.60 Å². The molecule has 1 aliphatic carbocycles. The molecule has 11 heteroatoms. The fourth-order valence-electron chi connectivity index (χ4n) is 6.01. The second-order valence-electron chi connectivity index (χ2n) is 10.6. The molecule has 0 aromatic heterocycles. The lowest BCUT2D eigenvalue weighted by Gasteiger charge is -2.32. The molecule has 3 amide bonds. The highest BCUT2D eigenvalue weighted by Crippen LogP contribution is 2.62. The summed E-state index contributed by atoms with van der Waals surface area (Å²) >= 11 is 18.4. The highest BCUT2D eigenvalue weighted by molar-refractivity contribution is 6.42. The summed E-state index contributed by atoms with van der Waals surface area (Å²) in [5.74, 6) is -0.0350. The molecule has 1 saturated heterocycles. The van der Waals surface area contributed by atoms with Crippen molar-refractivity contribution in [2.75, 3.05) is 10.3 Å². The van der Waals surface area contributed by atoms with Gasteiger partial charge < -0.3 is 15.4 Å². The van der Waals surface area contributed by atoms with Crippen molar-refractivity contribution in [3.05, 3.63) is 57.0 Å². The van der Waals surface area contributed by atoms with E-state index in [2.05, 4.69) is 29.6 Å². The Hall–Kier alpha value is -2.65. The minimum absolute atomic E-state index is 0.139. The zero-order chi connectivity index (χ0) is 28.1. The van der Waals surface area contributed by atoms with Gasteiger partial charge in [0.25, 0.3) is 17.7 Å². The van der Waals surface area contributed by atoms with Crippen LogP contribution in [0.3, 0.4) is 0 Å². The van der Waals surface area contributed by atoms with E-state index in [0.717, 1.165) is 24.3 Å². The van der Waals surface area contributed by atoms with Crippen molar-refractivity contribution in [1.82, 2.24) is 5.32 Å². The van der Waals surface area contributed by atoms with Crippen LogP contribution >= 0.6 is 34.8 Å². The van der Waals surface area contributed by atoms with Crippen LogP contribution in [0, 0.1) is 11.8 Å². The maximum atomic E-state index is 13.4. The van der Waals surface area contributed by atoms with Crippen molar-refractivity contribution in [2.24, 2.45) is 16.9 Å². The molecule has 2 aromatic carbocycles. The van der Waals surface area contributed by atoms with Gasteiger partial charge in [0.05, 0.1) is 16.5 Å². The van der Waals surface area contributed by atoms with Gasteiger partial charge in [0.1, 0.15) is 17.1 Å². The van der Waals surface area contributed by atoms with E-state index in [9.17, 15) is 14.4 Å². The smallest absolute Gasteiger partial charge is 0.259 e. The Labute approximate surface area is 242 Å². The number of hydrogen-bond donors (Lipinski definition) is 2. The van der Waals surface area contributed by atoms with Gasteiger partial charge >= 0.3 is 0 Å². The number of ether oxygens (including phenoxy) is 1. The van der Waals surface area contributed by atoms with Gasteiger partial charge in [-0.2, -0.15) is 10.1 Å². The van der Waals surface area contributed by atoms with Crippen molar-refractivity contribution in [3.8, 4) is 0 Å². The Morgan fingerprint density at radius 2 is 1.85 bits per heavy atom. The molecule has 206 valence electrons. The molecule has 2 heterocycles. The summed E-state index contributed by atoms with van der Waals surface area (Å²) in [5, 5.41) is 11.5. The Balaban J connectivity index is 1.28. The number of nitrogens with zero attached hydrogens (tertiary/aromatic N) is 2. The lowest BCUT2D eigenvalue weighted by molar-refractivity contribution is -0.121. The van der Waals surface area contributed by atoms with Crippen LogP contribution in [0.25, 0.3) is 0 Å². The Morgan fingerprint density at radius 1 is 1.13 bits per heavy atom. The van der Waals surface area contributed by atoms with E-state index in [-0.39, 0.29) is 39.8 Å². The lowest BCUT2D eigenvalue weighted by atomic mass is 9.69. The van der Waals surface area contributed by atoms with E-state index in [0.29, 0.717) is 28.6 Å². The van der Waals surface area contributed by atoms with Gasteiger partial charge in [0, 0.05) is 16.3 Å². The number of epoxide rings is 1. The predicted molar refractivity (Wildman–Crippen MR) is 153 cm³/mol. The first kappa shape index (κ1) is 27.9. The molecule has 8 nitrogen and oxygen atoms in total. The van der Waals surface area contributed by atoms with Gasteiger partial charge in [-0.3, -0.25) is 14.4 Å². The third-order valence-electron chi connectivity index (χ3n) is 8.03. The fraction of sp³-hybridized carbons (Fsp3) is 0.429. The van der Waals surface area contributed by atoms with Crippen molar-refractivity contribution < 1.29 is 19.1 Å². The number of nitrogens with one attached hydrogen (secondary N) is 2. The van der Waals surface area contributed by atoms with Crippen LogP contribution in [-0.2, 0) is 14.3 Å². The van der Waals surface area contributed by atoms with Crippen LogP contribution in [0.4, 0.5) is 11.4 Å². The summed E-state index contributed by atoms with van der Waals surface area (Å²) in [5.41, 5.74) is -0.331. The van der Waals surface area contributed by atoms with Crippen LogP contribution in [0.1, 0.15) is 63.2 Å². The van der Waals surface area contributed by atoms with E-state index in [1.165, 1.54) is 12.1 Å². The number of amidine groups is 1. The molecular formula is C28H29Cl3N4O4. The summed E-state index contributed by atoms with van der Waals surface area (Å²) in [7, 11) is 0. The summed E-state index contributed by atoms with van der Waals surface area (Å²) in [6.45, 7) is 6.38.